The Labute approximate surface area is 159 Å². The molecule has 0 bridgehead atoms. The lowest BCUT2D eigenvalue weighted by Gasteiger charge is -2.43. The Morgan fingerprint density at radius 1 is 1.19 bits per heavy atom. The summed E-state index contributed by atoms with van der Waals surface area (Å²) in [6.45, 7) is 4.79. The van der Waals surface area contributed by atoms with E-state index >= 15 is 0 Å². The third kappa shape index (κ3) is 3.51. The fourth-order valence-corrected chi connectivity index (χ4v) is 5.59. The van der Waals surface area contributed by atoms with Gasteiger partial charge in [-0.25, -0.2) is 4.98 Å². The maximum Gasteiger partial charge on any atom is 0.315 e. The number of nitrogens with zero attached hydrogens (tertiary/aromatic N) is 3. The van der Waals surface area contributed by atoms with E-state index in [-0.39, 0.29) is 6.04 Å². The van der Waals surface area contributed by atoms with Crippen LogP contribution in [0.2, 0.25) is 0 Å². The van der Waals surface area contributed by atoms with Crippen LogP contribution in [0.15, 0.2) is 0 Å². The molecule has 2 fully saturated rings. The molecule has 2 amide bonds. The smallest absolute Gasteiger partial charge is 0.315 e. The van der Waals surface area contributed by atoms with Crippen LogP contribution < -0.4 is 5.32 Å². The van der Waals surface area contributed by atoms with Gasteiger partial charge >= 0.3 is 11.8 Å². The van der Waals surface area contributed by atoms with Gasteiger partial charge in [0.05, 0.1) is 5.69 Å². The number of amides is 2. The molecule has 0 radical (unpaired) electrons. The number of nitrogens with one attached hydrogen (secondary N) is 1. The van der Waals surface area contributed by atoms with E-state index in [1.807, 2.05) is 0 Å². The number of rotatable bonds is 2. The molecule has 26 heavy (non-hydrogen) atoms. The molecule has 1 aromatic heterocycles. The fourth-order valence-electron chi connectivity index (χ4n) is 4.55. The van der Waals surface area contributed by atoms with E-state index in [0.29, 0.717) is 17.7 Å². The predicted octanol–water partition coefficient (Wildman–Crippen LogP) is 2.44. The maximum atomic E-state index is 12.8. The topological polar surface area (TPSA) is 65.5 Å². The SMILES string of the molecule is CCC1CN2CCCC2CN1C(=O)C(=O)Nc1nc2c(s1)CCCCC2. The summed E-state index contributed by atoms with van der Waals surface area (Å²) in [5.41, 5.74) is 1.11. The Morgan fingerprint density at radius 3 is 2.88 bits per heavy atom. The zero-order chi connectivity index (χ0) is 18.1. The van der Waals surface area contributed by atoms with Gasteiger partial charge in [0, 0.05) is 30.1 Å². The Bertz CT molecular complexity index is 666. The number of hydrogen-bond donors (Lipinski definition) is 1. The number of hydrogen-bond acceptors (Lipinski definition) is 5. The number of anilines is 1. The maximum absolute atomic E-state index is 12.8. The number of carbonyl (C=O) groups is 2. The van der Waals surface area contributed by atoms with Gasteiger partial charge in [0.1, 0.15) is 0 Å². The van der Waals surface area contributed by atoms with E-state index in [9.17, 15) is 9.59 Å². The second kappa shape index (κ2) is 7.64. The van der Waals surface area contributed by atoms with Gasteiger partial charge in [0.25, 0.3) is 0 Å². The van der Waals surface area contributed by atoms with Crippen molar-refractivity contribution in [1.82, 2.24) is 14.8 Å². The minimum Gasteiger partial charge on any atom is -0.329 e. The van der Waals surface area contributed by atoms with Crippen LogP contribution in [0.4, 0.5) is 5.13 Å². The van der Waals surface area contributed by atoms with Crippen molar-refractivity contribution in [2.75, 3.05) is 25.0 Å². The first-order valence-electron chi connectivity index (χ1n) is 10.00. The van der Waals surface area contributed by atoms with Crippen LogP contribution in [-0.2, 0) is 22.4 Å². The lowest BCUT2D eigenvalue weighted by molar-refractivity contribution is -0.147. The van der Waals surface area contributed by atoms with Gasteiger partial charge < -0.3 is 4.90 Å². The Morgan fingerprint density at radius 2 is 2.04 bits per heavy atom. The molecule has 2 atom stereocenters. The molecule has 6 nitrogen and oxygen atoms in total. The molecule has 2 unspecified atom stereocenters. The van der Waals surface area contributed by atoms with Crippen molar-refractivity contribution in [2.24, 2.45) is 0 Å². The molecule has 2 aliphatic heterocycles. The molecule has 3 heterocycles. The van der Waals surface area contributed by atoms with Crippen molar-refractivity contribution < 1.29 is 9.59 Å². The average molecular weight is 377 g/mol. The van der Waals surface area contributed by atoms with Gasteiger partial charge in [-0.05, 0) is 51.5 Å². The van der Waals surface area contributed by atoms with Gasteiger partial charge in [-0.15, -0.1) is 11.3 Å². The highest BCUT2D eigenvalue weighted by molar-refractivity contribution is 7.16. The summed E-state index contributed by atoms with van der Waals surface area (Å²) in [4.78, 5) is 35.6. The number of thiazole rings is 1. The highest BCUT2D eigenvalue weighted by Crippen LogP contribution is 2.29. The lowest BCUT2D eigenvalue weighted by atomic mass is 10.0. The third-order valence-corrected chi connectivity index (χ3v) is 7.11. The first-order valence-corrected chi connectivity index (χ1v) is 10.8. The number of aryl methyl sites for hydroxylation is 2. The third-order valence-electron chi connectivity index (χ3n) is 6.04. The predicted molar refractivity (Wildman–Crippen MR) is 102 cm³/mol. The highest BCUT2D eigenvalue weighted by Gasteiger charge is 2.39. The van der Waals surface area contributed by atoms with E-state index in [0.717, 1.165) is 50.9 Å². The molecular formula is C19H28N4O2S. The zero-order valence-corrected chi connectivity index (χ0v) is 16.3. The lowest BCUT2D eigenvalue weighted by Crippen LogP contribution is -2.59. The standard InChI is InChI=1S/C19H28N4O2S/c1-2-13-11-22-10-6-7-14(22)12-23(13)18(25)17(24)21-19-20-15-8-4-3-5-9-16(15)26-19/h13-14H,2-12H2,1H3,(H,20,21,24). The van der Waals surface area contributed by atoms with Crippen LogP contribution >= 0.6 is 11.3 Å². The Kier molecular flexibility index (Phi) is 5.27. The quantitative estimate of drug-likeness (QED) is 0.636. The van der Waals surface area contributed by atoms with Crippen LogP contribution in [0.25, 0.3) is 0 Å². The van der Waals surface area contributed by atoms with Crippen LogP contribution in [0.3, 0.4) is 0 Å². The van der Waals surface area contributed by atoms with E-state index in [1.165, 1.54) is 24.1 Å². The van der Waals surface area contributed by atoms with Crippen LogP contribution in [0, 0.1) is 0 Å². The highest BCUT2D eigenvalue weighted by atomic mass is 32.1. The molecule has 2 saturated heterocycles. The van der Waals surface area contributed by atoms with Crippen molar-refractivity contribution >= 4 is 28.3 Å². The van der Waals surface area contributed by atoms with Gasteiger partial charge in [0.15, 0.2) is 5.13 Å². The molecule has 142 valence electrons. The number of aromatic nitrogens is 1. The molecule has 7 heteroatoms. The molecular weight excluding hydrogens is 348 g/mol. The zero-order valence-electron chi connectivity index (χ0n) is 15.5. The van der Waals surface area contributed by atoms with E-state index < -0.39 is 11.8 Å². The van der Waals surface area contributed by atoms with Crippen molar-refractivity contribution in [3.8, 4) is 0 Å². The second-order valence-electron chi connectivity index (χ2n) is 7.71. The summed E-state index contributed by atoms with van der Waals surface area (Å²) < 4.78 is 0. The molecule has 4 rings (SSSR count). The monoisotopic (exact) mass is 376 g/mol. The summed E-state index contributed by atoms with van der Waals surface area (Å²) in [7, 11) is 0. The molecule has 0 saturated carbocycles. The molecule has 1 N–H and O–H groups in total. The second-order valence-corrected chi connectivity index (χ2v) is 8.80. The van der Waals surface area contributed by atoms with Crippen LogP contribution in [-0.4, -0.2) is 58.3 Å². The van der Waals surface area contributed by atoms with Crippen LogP contribution in [0.1, 0.15) is 56.0 Å². The summed E-state index contributed by atoms with van der Waals surface area (Å²) in [6.07, 6.45) is 8.82. The van der Waals surface area contributed by atoms with Gasteiger partial charge in [-0.2, -0.15) is 0 Å². The summed E-state index contributed by atoms with van der Waals surface area (Å²) in [5, 5.41) is 3.37. The molecule has 1 aliphatic carbocycles. The first kappa shape index (κ1) is 17.9. The first-order chi connectivity index (χ1) is 12.7. The van der Waals surface area contributed by atoms with Crippen LogP contribution in [0.5, 0.6) is 0 Å². The number of piperazine rings is 1. The molecule has 0 spiro atoms. The van der Waals surface area contributed by atoms with Gasteiger partial charge in [-0.3, -0.25) is 19.8 Å². The van der Waals surface area contributed by atoms with Crippen molar-refractivity contribution in [3.05, 3.63) is 10.6 Å². The van der Waals surface area contributed by atoms with E-state index in [2.05, 4.69) is 22.1 Å². The fraction of sp³-hybridized carbons (Fsp3) is 0.737. The van der Waals surface area contributed by atoms with Crippen molar-refractivity contribution in [1.29, 1.82) is 0 Å². The van der Waals surface area contributed by atoms with Gasteiger partial charge in [-0.1, -0.05) is 13.3 Å². The van der Waals surface area contributed by atoms with Crippen molar-refractivity contribution in [2.45, 2.75) is 70.4 Å². The Balaban J connectivity index is 1.43. The van der Waals surface area contributed by atoms with E-state index in [4.69, 9.17) is 0 Å². The average Bonchev–Trinajstić information content (AvgIpc) is 3.20. The van der Waals surface area contributed by atoms with E-state index in [1.54, 1.807) is 16.2 Å². The summed E-state index contributed by atoms with van der Waals surface area (Å²) in [6, 6.07) is 0.557. The number of fused-ring (bicyclic) bond motifs is 2. The van der Waals surface area contributed by atoms with Gasteiger partial charge in [0.2, 0.25) is 0 Å². The largest absolute Gasteiger partial charge is 0.329 e. The summed E-state index contributed by atoms with van der Waals surface area (Å²) in [5.74, 6) is -0.924. The minimum absolute atomic E-state index is 0.135. The minimum atomic E-state index is -0.529. The molecule has 1 aromatic rings. The summed E-state index contributed by atoms with van der Waals surface area (Å²) >= 11 is 1.54. The normalized spacial score (nSPS) is 26.1. The Hall–Kier alpha value is -1.47. The number of carbonyl (C=O) groups excluding carboxylic acids is 2. The van der Waals surface area contributed by atoms with Crippen molar-refractivity contribution in [3.63, 3.8) is 0 Å². The molecule has 0 aromatic carbocycles. The molecule has 3 aliphatic rings.